The zero-order chi connectivity index (χ0) is 17.1. The van der Waals surface area contributed by atoms with Crippen LogP contribution in [0.25, 0.3) is 0 Å². The summed E-state index contributed by atoms with van der Waals surface area (Å²) in [5.74, 6) is 0. The summed E-state index contributed by atoms with van der Waals surface area (Å²) in [7, 11) is 0. The number of rotatable bonds is 5. The van der Waals surface area contributed by atoms with Gasteiger partial charge in [-0.15, -0.1) is 0 Å². The topological polar surface area (TPSA) is 50.4 Å². The third-order valence-electron chi connectivity index (χ3n) is 4.57. The second-order valence-corrected chi connectivity index (χ2v) is 7.72. The fourth-order valence-corrected chi connectivity index (χ4v) is 2.91. The summed E-state index contributed by atoms with van der Waals surface area (Å²) >= 11 is 0. The van der Waals surface area contributed by atoms with E-state index in [1.54, 1.807) is 0 Å². The number of benzene rings is 1. The zero-order valence-electron chi connectivity index (χ0n) is 15.1. The Labute approximate surface area is 140 Å². The van der Waals surface area contributed by atoms with E-state index in [2.05, 4.69) is 42.7 Å². The first-order valence-corrected chi connectivity index (χ1v) is 8.48. The summed E-state index contributed by atoms with van der Waals surface area (Å²) < 4.78 is 5.39. The molecule has 2 rings (SSSR count). The molecule has 0 spiro atoms. The maximum atomic E-state index is 12.0. The largest absolute Gasteiger partial charge is 0.444 e. The molecule has 0 bridgehead atoms. The molecule has 128 valence electrons. The molecule has 0 unspecified atom stereocenters. The highest BCUT2D eigenvalue weighted by Gasteiger charge is 2.39. The van der Waals surface area contributed by atoms with Crippen LogP contribution in [0.5, 0.6) is 0 Å². The molecule has 1 aromatic carbocycles. The van der Waals surface area contributed by atoms with Crippen LogP contribution in [0.15, 0.2) is 18.2 Å². The summed E-state index contributed by atoms with van der Waals surface area (Å²) in [6.45, 7) is 11.6. The number of hydrogen-bond acceptors (Lipinski definition) is 3. The van der Waals surface area contributed by atoms with Crippen molar-refractivity contribution in [3.05, 3.63) is 34.9 Å². The Morgan fingerprint density at radius 3 is 2.52 bits per heavy atom. The third kappa shape index (κ3) is 4.96. The minimum Gasteiger partial charge on any atom is -0.444 e. The van der Waals surface area contributed by atoms with Gasteiger partial charge in [-0.1, -0.05) is 18.2 Å². The van der Waals surface area contributed by atoms with Crippen LogP contribution < -0.4 is 10.6 Å². The van der Waals surface area contributed by atoms with Crippen molar-refractivity contribution >= 4 is 6.09 Å². The SMILES string of the molecule is Cc1cccc(CNCC2(NC(=O)OC(C)(C)C)CCC2)c1C. The van der Waals surface area contributed by atoms with Crippen LogP contribution >= 0.6 is 0 Å². The molecule has 1 fully saturated rings. The number of nitrogens with one attached hydrogen (secondary N) is 2. The molecule has 0 aliphatic heterocycles. The minimum atomic E-state index is -0.457. The quantitative estimate of drug-likeness (QED) is 0.867. The Morgan fingerprint density at radius 2 is 1.96 bits per heavy atom. The highest BCUT2D eigenvalue weighted by molar-refractivity contribution is 5.69. The smallest absolute Gasteiger partial charge is 0.408 e. The van der Waals surface area contributed by atoms with E-state index < -0.39 is 5.60 Å². The molecule has 1 saturated carbocycles. The number of carbonyl (C=O) groups is 1. The standard InChI is InChI=1S/C19H30N2O2/c1-14-8-6-9-16(15(14)2)12-20-13-19(10-7-11-19)21-17(22)23-18(3,4)5/h6,8-9,20H,7,10-13H2,1-5H3,(H,21,22). The fraction of sp³-hybridized carbons (Fsp3) is 0.632. The highest BCUT2D eigenvalue weighted by atomic mass is 16.6. The van der Waals surface area contributed by atoms with Crippen LogP contribution in [-0.2, 0) is 11.3 Å². The molecule has 0 saturated heterocycles. The normalized spacial score (nSPS) is 16.6. The Morgan fingerprint density at radius 1 is 1.26 bits per heavy atom. The van der Waals surface area contributed by atoms with Gasteiger partial charge in [0.2, 0.25) is 0 Å². The van der Waals surface area contributed by atoms with Gasteiger partial charge in [-0.2, -0.15) is 0 Å². The second kappa shape index (κ2) is 6.91. The van der Waals surface area contributed by atoms with Gasteiger partial charge >= 0.3 is 6.09 Å². The summed E-state index contributed by atoms with van der Waals surface area (Å²) in [6.07, 6.45) is 2.85. The second-order valence-electron chi connectivity index (χ2n) is 7.72. The molecule has 4 nitrogen and oxygen atoms in total. The average Bonchev–Trinajstić information content (AvgIpc) is 2.38. The maximum absolute atomic E-state index is 12.0. The lowest BCUT2D eigenvalue weighted by Gasteiger charge is -2.43. The molecular weight excluding hydrogens is 288 g/mol. The van der Waals surface area contributed by atoms with Crippen molar-refractivity contribution in [2.45, 2.75) is 71.6 Å². The van der Waals surface area contributed by atoms with E-state index in [4.69, 9.17) is 4.74 Å². The van der Waals surface area contributed by atoms with E-state index in [9.17, 15) is 4.79 Å². The van der Waals surface area contributed by atoms with E-state index in [-0.39, 0.29) is 11.6 Å². The summed E-state index contributed by atoms with van der Waals surface area (Å²) in [4.78, 5) is 12.0. The molecule has 1 aliphatic carbocycles. The van der Waals surface area contributed by atoms with Gasteiger partial charge in [0.25, 0.3) is 0 Å². The van der Waals surface area contributed by atoms with Crippen LogP contribution in [0.1, 0.15) is 56.7 Å². The van der Waals surface area contributed by atoms with Crippen molar-refractivity contribution < 1.29 is 9.53 Å². The van der Waals surface area contributed by atoms with Crippen molar-refractivity contribution in [1.29, 1.82) is 0 Å². The number of aryl methyl sites for hydroxylation is 1. The summed E-state index contributed by atoms with van der Waals surface area (Å²) in [6, 6.07) is 6.39. The van der Waals surface area contributed by atoms with Crippen molar-refractivity contribution in [3.63, 3.8) is 0 Å². The summed E-state index contributed by atoms with van der Waals surface area (Å²) in [5.41, 5.74) is 3.36. The van der Waals surface area contributed by atoms with Gasteiger partial charge in [0.05, 0.1) is 5.54 Å². The monoisotopic (exact) mass is 318 g/mol. The zero-order valence-corrected chi connectivity index (χ0v) is 15.1. The van der Waals surface area contributed by atoms with Gasteiger partial charge in [-0.3, -0.25) is 0 Å². The highest BCUT2D eigenvalue weighted by Crippen LogP contribution is 2.31. The van der Waals surface area contributed by atoms with Crippen LogP contribution in [0.3, 0.4) is 0 Å². The first-order chi connectivity index (χ1) is 10.7. The van der Waals surface area contributed by atoms with Gasteiger partial charge in [0.15, 0.2) is 0 Å². The molecule has 0 radical (unpaired) electrons. The predicted molar refractivity (Wildman–Crippen MR) is 93.6 cm³/mol. The van der Waals surface area contributed by atoms with Gasteiger partial charge < -0.3 is 15.4 Å². The molecule has 0 heterocycles. The molecular formula is C19H30N2O2. The molecule has 0 atom stereocenters. The van der Waals surface area contributed by atoms with Gasteiger partial charge in [-0.05, 0) is 70.6 Å². The predicted octanol–water partition coefficient (Wildman–Crippen LogP) is 3.84. The maximum Gasteiger partial charge on any atom is 0.408 e. The Kier molecular flexibility index (Phi) is 5.35. The van der Waals surface area contributed by atoms with Crippen molar-refractivity contribution in [2.75, 3.05) is 6.54 Å². The van der Waals surface area contributed by atoms with Gasteiger partial charge in [-0.25, -0.2) is 4.79 Å². The Balaban J connectivity index is 1.87. The van der Waals surface area contributed by atoms with E-state index in [0.717, 1.165) is 32.4 Å². The first-order valence-electron chi connectivity index (χ1n) is 8.48. The molecule has 23 heavy (non-hydrogen) atoms. The summed E-state index contributed by atoms with van der Waals surface area (Å²) in [5, 5.41) is 6.59. The average molecular weight is 318 g/mol. The van der Waals surface area contributed by atoms with Crippen molar-refractivity contribution in [3.8, 4) is 0 Å². The Bertz CT molecular complexity index is 557. The third-order valence-corrected chi connectivity index (χ3v) is 4.57. The molecule has 1 amide bonds. The van der Waals surface area contributed by atoms with Crippen LogP contribution in [0.2, 0.25) is 0 Å². The van der Waals surface area contributed by atoms with Gasteiger partial charge in [0.1, 0.15) is 5.60 Å². The molecule has 4 heteroatoms. The van der Waals surface area contributed by atoms with E-state index in [0.29, 0.717) is 0 Å². The fourth-order valence-electron chi connectivity index (χ4n) is 2.91. The minimum absolute atomic E-state index is 0.153. The Hall–Kier alpha value is -1.55. The number of amides is 1. The molecule has 1 aliphatic rings. The molecule has 1 aromatic rings. The number of alkyl carbamates (subject to hydrolysis) is 1. The van der Waals surface area contributed by atoms with Crippen molar-refractivity contribution in [1.82, 2.24) is 10.6 Å². The first kappa shape index (κ1) is 17.8. The van der Waals surface area contributed by atoms with Crippen LogP contribution in [-0.4, -0.2) is 23.8 Å². The molecule has 2 N–H and O–H groups in total. The lowest BCUT2D eigenvalue weighted by Crippen LogP contribution is -2.59. The molecule has 0 aromatic heterocycles. The lowest BCUT2D eigenvalue weighted by molar-refractivity contribution is 0.0382. The van der Waals surface area contributed by atoms with E-state index in [1.807, 2.05) is 20.8 Å². The van der Waals surface area contributed by atoms with E-state index in [1.165, 1.54) is 16.7 Å². The number of carbonyl (C=O) groups excluding carboxylic acids is 1. The van der Waals surface area contributed by atoms with Crippen LogP contribution in [0, 0.1) is 13.8 Å². The van der Waals surface area contributed by atoms with Crippen LogP contribution in [0.4, 0.5) is 4.79 Å². The lowest BCUT2D eigenvalue weighted by atomic mass is 9.76. The van der Waals surface area contributed by atoms with E-state index >= 15 is 0 Å². The van der Waals surface area contributed by atoms with Crippen molar-refractivity contribution in [2.24, 2.45) is 0 Å². The van der Waals surface area contributed by atoms with Gasteiger partial charge in [0, 0.05) is 13.1 Å². The number of hydrogen-bond donors (Lipinski definition) is 2. The number of ether oxygens (including phenoxy) is 1.